The fourth-order valence-corrected chi connectivity index (χ4v) is 2.61. The minimum Gasteiger partial charge on any atom is -0.444 e. The van der Waals surface area contributed by atoms with Crippen molar-refractivity contribution >= 4 is 28.6 Å². The van der Waals surface area contributed by atoms with Crippen molar-refractivity contribution < 1.29 is 14.3 Å². The monoisotopic (exact) mass is 366 g/mol. The summed E-state index contributed by atoms with van der Waals surface area (Å²) in [6.07, 6.45) is 1.02. The number of benzene rings is 2. The highest BCUT2D eigenvalue weighted by atomic mass is 16.6. The lowest BCUT2D eigenvalue weighted by molar-refractivity contribution is -0.118. The Kier molecular flexibility index (Phi) is 5.12. The number of alkyl carbamates (subject to hydrolysis) is 1. The number of carbonyl (C=O) groups is 2. The van der Waals surface area contributed by atoms with Crippen LogP contribution in [0.15, 0.2) is 54.7 Å². The Morgan fingerprint density at radius 1 is 1.11 bits per heavy atom. The Morgan fingerprint density at radius 3 is 2.56 bits per heavy atom. The highest BCUT2D eigenvalue weighted by Crippen LogP contribution is 2.20. The summed E-state index contributed by atoms with van der Waals surface area (Å²) in [5.41, 5.74) is 1.49. The highest BCUT2D eigenvalue weighted by Gasteiger charge is 2.26. The van der Waals surface area contributed by atoms with Gasteiger partial charge in [0.05, 0.1) is 11.7 Å². The first-order chi connectivity index (χ1) is 12.8. The molecule has 1 heterocycles. The van der Waals surface area contributed by atoms with E-state index < -0.39 is 17.7 Å². The Morgan fingerprint density at radius 2 is 1.85 bits per heavy atom. The topological polar surface area (TPSA) is 96.1 Å². The fourth-order valence-electron chi connectivity index (χ4n) is 2.61. The summed E-state index contributed by atoms with van der Waals surface area (Å²) in [6.45, 7) is 5.30. The van der Waals surface area contributed by atoms with E-state index in [1.165, 1.54) is 0 Å². The molecule has 3 N–H and O–H groups in total. The molecule has 1 aromatic heterocycles. The molecule has 3 rings (SSSR count). The minimum atomic E-state index is -0.888. The summed E-state index contributed by atoms with van der Waals surface area (Å²) in [4.78, 5) is 25.1. The van der Waals surface area contributed by atoms with Gasteiger partial charge in [0.25, 0.3) is 5.91 Å². The fraction of sp³-hybridized carbons (Fsp3) is 0.250. The molecule has 0 saturated carbocycles. The van der Waals surface area contributed by atoms with Crippen LogP contribution in [0.5, 0.6) is 0 Å². The summed E-state index contributed by atoms with van der Waals surface area (Å²) in [6, 6.07) is 13.5. The summed E-state index contributed by atoms with van der Waals surface area (Å²) >= 11 is 0. The van der Waals surface area contributed by atoms with E-state index in [9.17, 15) is 9.59 Å². The van der Waals surface area contributed by atoms with E-state index in [1.54, 1.807) is 45.2 Å². The third kappa shape index (κ3) is 4.84. The van der Waals surface area contributed by atoms with Gasteiger partial charge in [0.15, 0.2) is 0 Å². The van der Waals surface area contributed by atoms with Gasteiger partial charge in [0.1, 0.15) is 11.6 Å². The third-order valence-electron chi connectivity index (χ3n) is 3.76. The molecule has 7 nitrogen and oxygen atoms in total. The molecule has 0 unspecified atom stereocenters. The maximum Gasteiger partial charge on any atom is 0.408 e. The average molecular weight is 366 g/mol. The normalized spacial score (nSPS) is 12.4. The number of carbonyl (C=O) groups excluding carboxylic acids is 2. The molecule has 27 heavy (non-hydrogen) atoms. The standard InChI is InChI=1S/C20H22N4O3/c1-20(2,3)27-19(26)23-17(13-7-5-4-6-8-13)18(25)22-15-9-10-16-14(11-15)12-21-24-16/h4-12,17H,1-3H3,(H,21,24)(H,22,25)(H,23,26)/t17-/m0/s1. The molecule has 140 valence electrons. The molecule has 0 aliphatic heterocycles. The van der Waals surface area contributed by atoms with Gasteiger partial charge in [-0.15, -0.1) is 0 Å². The first-order valence-corrected chi connectivity index (χ1v) is 8.60. The number of nitrogens with zero attached hydrogens (tertiary/aromatic N) is 1. The van der Waals surface area contributed by atoms with Crippen molar-refractivity contribution in [3.63, 3.8) is 0 Å². The second kappa shape index (κ2) is 7.49. The van der Waals surface area contributed by atoms with Crippen molar-refractivity contribution in [1.29, 1.82) is 0 Å². The van der Waals surface area contributed by atoms with Crippen LogP contribution in [-0.2, 0) is 9.53 Å². The molecule has 1 atom stereocenters. The van der Waals surface area contributed by atoms with E-state index in [4.69, 9.17) is 4.74 Å². The van der Waals surface area contributed by atoms with Gasteiger partial charge < -0.3 is 15.4 Å². The Bertz CT molecular complexity index is 945. The SMILES string of the molecule is CC(C)(C)OC(=O)N[C@H](C(=O)Nc1ccc2[nH]ncc2c1)c1ccccc1. The molecule has 2 amide bonds. The number of anilines is 1. The Balaban J connectivity index is 1.80. The predicted molar refractivity (Wildman–Crippen MR) is 103 cm³/mol. The zero-order valence-electron chi connectivity index (χ0n) is 15.4. The van der Waals surface area contributed by atoms with Crippen LogP contribution in [0.1, 0.15) is 32.4 Å². The van der Waals surface area contributed by atoms with Gasteiger partial charge in [0.2, 0.25) is 0 Å². The van der Waals surface area contributed by atoms with Gasteiger partial charge in [0, 0.05) is 11.1 Å². The number of fused-ring (bicyclic) bond motifs is 1. The molecular formula is C20H22N4O3. The largest absolute Gasteiger partial charge is 0.444 e. The van der Waals surface area contributed by atoms with E-state index >= 15 is 0 Å². The number of hydrogen-bond donors (Lipinski definition) is 3. The lowest BCUT2D eigenvalue weighted by Crippen LogP contribution is -2.40. The summed E-state index contributed by atoms with van der Waals surface area (Å²) in [5.74, 6) is -0.366. The maximum atomic E-state index is 12.9. The Labute approximate surface area is 157 Å². The maximum absolute atomic E-state index is 12.9. The van der Waals surface area contributed by atoms with Gasteiger partial charge in [-0.1, -0.05) is 30.3 Å². The van der Waals surface area contributed by atoms with Crippen LogP contribution in [0.2, 0.25) is 0 Å². The van der Waals surface area contributed by atoms with Crippen LogP contribution >= 0.6 is 0 Å². The molecule has 0 bridgehead atoms. The van der Waals surface area contributed by atoms with Crippen molar-refractivity contribution in [2.75, 3.05) is 5.32 Å². The molecule has 0 saturated heterocycles. The van der Waals surface area contributed by atoms with Crippen molar-refractivity contribution in [3.8, 4) is 0 Å². The average Bonchev–Trinajstić information content (AvgIpc) is 3.06. The van der Waals surface area contributed by atoms with Crippen LogP contribution in [0.3, 0.4) is 0 Å². The number of amides is 2. The van der Waals surface area contributed by atoms with Gasteiger partial charge >= 0.3 is 6.09 Å². The minimum absolute atomic E-state index is 0.366. The zero-order valence-corrected chi connectivity index (χ0v) is 15.4. The van der Waals surface area contributed by atoms with E-state index in [0.29, 0.717) is 11.3 Å². The van der Waals surface area contributed by atoms with Crippen molar-refractivity contribution in [2.45, 2.75) is 32.4 Å². The molecule has 0 radical (unpaired) electrons. The smallest absolute Gasteiger partial charge is 0.408 e. The molecule has 0 spiro atoms. The highest BCUT2D eigenvalue weighted by molar-refractivity contribution is 5.98. The van der Waals surface area contributed by atoms with Gasteiger partial charge in [-0.3, -0.25) is 9.89 Å². The van der Waals surface area contributed by atoms with Crippen LogP contribution in [-0.4, -0.2) is 27.8 Å². The number of aromatic nitrogens is 2. The number of ether oxygens (including phenoxy) is 1. The van der Waals surface area contributed by atoms with Crippen molar-refractivity contribution in [2.24, 2.45) is 0 Å². The van der Waals surface area contributed by atoms with Crippen LogP contribution < -0.4 is 10.6 Å². The van der Waals surface area contributed by atoms with Crippen LogP contribution in [0.4, 0.5) is 10.5 Å². The quantitative estimate of drug-likeness (QED) is 0.655. The molecule has 2 aromatic carbocycles. The van der Waals surface area contributed by atoms with Crippen LogP contribution in [0, 0.1) is 0 Å². The molecule has 0 aliphatic rings. The predicted octanol–water partition coefficient (Wildman–Crippen LogP) is 3.77. The number of aromatic amines is 1. The summed E-state index contributed by atoms with van der Waals surface area (Å²) in [7, 11) is 0. The second-order valence-corrected chi connectivity index (χ2v) is 7.15. The Hall–Kier alpha value is -3.35. The summed E-state index contributed by atoms with van der Waals surface area (Å²) < 4.78 is 5.29. The number of rotatable bonds is 4. The van der Waals surface area contributed by atoms with Gasteiger partial charge in [-0.05, 0) is 44.5 Å². The van der Waals surface area contributed by atoms with E-state index in [0.717, 1.165) is 10.9 Å². The lowest BCUT2D eigenvalue weighted by Gasteiger charge is -2.23. The zero-order chi connectivity index (χ0) is 19.4. The number of H-pyrrole nitrogens is 1. The van der Waals surface area contributed by atoms with E-state index in [-0.39, 0.29) is 5.91 Å². The summed E-state index contributed by atoms with van der Waals surface area (Å²) in [5, 5.41) is 13.2. The first kappa shape index (κ1) is 18.4. The van der Waals surface area contributed by atoms with Crippen molar-refractivity contribution in [1.82, 2.24) is 15.5 Å². The van der Waals surface area contributed by atoms with Gasteiger partial charge in [-0.2, -0.15) is 5.10 Å². The van der Waals surface area contributed by atoms with E-state index in [1.807, 2.05) is 30.3 Å². The molecule has 0 aliphatic carbocycles. The van der Waals surface area contributed by atoms with Crippen molar-refractivity contribution in [3.05, 3.63) is 60.3 Å². The first-order valence-electron chi connectivity index (χ1n) is 8.60. The number of hydrogen-bond acceptors (Lipinski definition) is 4. The van der Waals surface area contributed by atoms with E-state index in [2.05, 4.69) is 20.8 Å². The number of nitrogens with one attached hydrogen (secondary N) is 3. The second-order valence-electron chi connectivity index (χ2n) is 7.15. The molecule has 3 aromatic rings. The van der Waals surface area contributed by atoms with Crippen LogP contribution in [0.25, 0.3) is 10.9 Å². The lowest BCUT2D eigenvalue weighted by atomic mass is 10.1. The third-order valence-corrected chi connectivity index (χ3v) is 3.76. The molecular weight excluding hydrogens is 344 g/mol. The molecule has 0 fully saturated rings. The van der Waals surface area contributed by atoms with Gasteiger partial charge in [-0.25, -0.2) is 4.79 Å². The molecule has 7 heteroatoms.